The van der Waals surface area contributed by atoms with Gasteiger partial charge in [-0.15, -0.1) is 0 Å². The van der Waals surface area contributed by atoms with Gasteiger partial charge in [-0.25, -0.2) is 0 Å². The average molecular weight is 423 g/mol. The van der Waals surface area contributed by atoms with Crippen molar-refractivity contribution in [2.45, 2.75) is 57.6 Å². The summed E-state index contributed by atoms with van der Waals surface area (Å²) < 4.78 is 11.7. The van der Waals surface area contributed by atoms with Crippen LogP contribution in [0.3, 0.4) is 0 Å². The number of hydrogen-bond acceptors (Lipinski definition) is 4. The van der Waals surface area contributed by atoms with Gasteiger partial charge < -0.3 is 19.7 Å². The number of benzene rings is 2. The number of ether oxygens (including phenoxy) is 2. The first-order valence-corrected chi connectivity index (χ1v) is 11.1. The van der Waals surface area contributed by atoms with Crippen LogP contribution in [0.4, 0.5) is 5.69 Å². The van der Waals surface area contributed by atoms with Crippen LogP contribution >= 0.6 is 0 Å². The highest BCUT2D eigenvalue weighted by Crippen LogP contribution is 2.34. The lowest BCUT2D eigenvalue weighted by Crippen LogP contribution is -2.28. The largest absolute Gasteiger partial charge is 0.493 e. The van der Waals surface area contributed by atoms with Gasteiger partial charge in [0.15, 0.2) is 11.5 Å². The Kier molecular flexibility index (Phi) is 6.44. The van der Waals surface area contributed by atoms with Crippen LogP contribution in [0.5, 0.6) is 11.5 Å². The monoisotopic (exact) mass is 422 g/mol. The number of nitrogens with one attached hydrogen (secondary N) is 1. The standard InChI is InChI=1S/C25H30N2O4/c1-17(18-12-13-22(23(16-18)30-2)31-21-9-3-4-10-21)26-25(29)19-7-5-8-20(15-19)27-14-6-11-24(27)28/h5,7-8,12-13,15-17,21H,3-4,6,9-11,14H2,1-2H3,(H,26,29). The summed E-state index contributed by atoms with van der Waals surface area (Å²) >= 11 is 0. The molecule has 1 atom stereocenters. The topological polar surface area (TPSA) is 67.9 Å². The number of hydrogen-bond donors (Lipinski definition) is 1. The molecule has 2 aromatic rings. The molecule has 1 unspecified atom stereocenters. The van der Waals surface area contributed by atoms with Crippen LogP contribution in [0, 0.1) is 0 Å². The third-order valence-electron chi connectivity index (χ3n) is 6.12. The summed E-state index contributed by atoms with van der Waals surface area (Å²) in [4.78, 5) is 26.6. The summed E-state index contributed by atoms with van der Waals surface area (Å²) in [7, 11) is 1.63. The van der Waals surface area contributed by atoms with Crippen LogP contribution in [0.25, 0.3) is 0 Å². The van der Waals surface area contributed by atoms with Crippen molar-refractivity contribution < 1.29 is 19.1 Å². The number of methoxy groups -OCH3 is 1. The zero-order valence-electron chi connectivity index (χ0n) is 18.2. The molecule has 6 heteroatoms. The normalized spacial score (nSPS) is 17.6. The van der Waals surface area contributed by atoms with E-state index in [0.29, 0.717) is 24.3 Å². The Bertz CT molecular complexity index is 952. The van der Waals surface area contributed by atoms with E-state index in [1.54, 1.807) is 24.1 Å². The predicted molar refractivity (Wildman–Crippen MR) is 120 cm³/mol. The summed E-state index contributed by atoms with van der Waals surface area (Å²) in [6.07, 6.45) is 6.26. The highest BCUT2D eigenvalue weighted by Gasteiger charge is 2.23. The summed E-state index contributed by atoms with van der Waals surface area (Å²) in [6.45, 7) is 2.65. The van der Waals surface area contributed by atoms with Crippen molar-refractivity contribution in [3.8, 4) is 11.5 Å². The molecule has 0 bridgehead atoms. The second-order valence-electron chi connectivity index (χ2n) is 8.33. The van der Waals surface area contributed by atoms with Gasteiger partial charge >= 0.3 is 0 Å². The van der Waals surface area contributed by atoms with E-state index >= 15 is 0 Å². The Morgan fingerprint density at radius 2 is 1.90 bits per heavy atom. The van der Waals surface area contributed by atoms with Crippen molar-refractivity contribution in [2.75, 3.05) is 18.6 Å². The first kappa shape index (κ1) is 21.2. The summed E-state index contributed by atoms with van der Waals surface area (Å²) in [6, 6.07) is 12.9. The van der Waals surface area contributed by atoms with Crippen LogP contribution in [0.15, 0.2) is 42.5 Å². The van der Waals surface area contributed by atoms with Crippen molar-refractivity contribution in [2.24, 2.45) is 0 Å². The van der Waals surface area contributed by atoms with Gasteiger partial charge in [0.1, 0.15) is 0 Å². The fourth-order valence-corrected chi connectivity index (χ4v) is 4.34. The van der Waals surface area contributed by atoms with Gasteiger partial charge in [-0.3, -0.25) is 9.59 Å². The molecule has 2 aliphatic rings. The molecule has 6 nitrogen and oxygen atoms in total. The van der Waals surface area contributed by atoms with Crippen molar-refractivity contribution >= 4 is 17.5 Å². The summed E-state index contributed by atoms with van der Waals surface area (Å²) in [5, 5.41) is 3.05. The van der Waals surface area contributed by atoms with E-state index in [0.717, 1.165) is 36.3 Å². The molecule has 4 rings (SSSR count). The van der Waals surface area contributed by atoms with Gasteiger partial charge in [-0.05, 0) is 74.9 Å². The van der Waals surface area contributed by atoms with E-state index in [2.05, 4.69) is 5.32 Å². The number of rotatable bonds is 7. The molecule has 2 aromatic carbocycles. The molecular weight excluding hydrogens is 392 g/mol. The van der Waals surface area contributed by atoms with Gasteiger partial charge in [-0.2, -0.15) is 0 Å². The Hall–Kier alpha value is -3.02. The van der Waals surface area contributed by atoms with E-state index in [4.69, 9.17) is 9.47 Å². The van der Waals surface area contributed by atoms with Gasteiger partial charge in [0.2, 0.25) is 5.91 Å². The lowest BCUT2D eigenvalue weighted by molar-refractivity contribution is -0.117. The third kappa shape index (κ3) is 4.84. The maximum atomic E-state index is 12.9. The molecule has 1 aliphatic carbocycles. The molecule has 31 heavy (non-hydrogen) atoms. The van der Waals surface area contributed by atoms with Crippen molar-refractivity contribution in [1.29, 1.82) is 0 Å². The minimum Gasteiger partial charge on any atom is -0.493 e. The van der Waals surface area contributed by atoms with Crippen LogP contribution in [0.2, 0.25) is 0 Å². The Morgan fingerprint density at radius 3 is 2.61 bits per heavy atom. The minimum absolute atomic E-state index is 0.109. The zero-order chi connectivity index (χ0) is 21.8. The zero-order valence-corrected chi connectivity index (χ0v) is 18.2. The molecule has 0 aromatic heterocycles. The molecule has 1 saturated heterocycles. The summed E-state index contributed by atoms with van der Waals surface area (Å²) in [5.74, 6) is 1.36. The van der Waals surface area contributed by atoms with Crippen LogP contribution in [-0.2, 0) is 4.79 Å². The number of carbonyl (C=O) groups excluding carboxylic acids is 2. The lowest BCUT2D eigenvalue weighted by Gasteiger charge is -2.20. The molecule has 2 amide bonds. The number of nitrogens with zero attached hydrogens (tertiary/aromatic N) is 1. The lowest BCUT2D eigenvalue weighted by atomic mass is 10.1. The van der Waals surface area contributed by atoms with E-state index in [9.17, 15) is 9.59 Å². The minimum atomic E-state index is -0.209. The molecule has 1 saturated carbocycles. The van der Waals surface area contributed by atoms with Crippen molar-refractivity contribution in [1.82, 2.24) is 5.32 Å². The smallest absolute Gasteiger partial charge is 0.251 e. The van der Waals surface area contributed by atoms with Crippen molar-refractivity contribution in [3.63, 3.8) is 0 Å². The molecule has 0 spiro atoms. The van der Waals surface area contributed by atoms with Crippen LogP contribution in [0.1, 0.15) is 67.4 Å². The Balaban J connectivity index is 1.44. The third-order valence-corrected chi connectivity index (χ3v) is 6.12. The maximum absolute atomic E-state index is 12.9. The Labute approximate surface area is 183 Å². The highest BCUT2D eigenvalue weighted by atomic mass is 16.5. The average Bonchev–Trinajstić information content (AvgIpc) is 3.45. The second kappa shape index (κ2) is 9.41. The molecule has 1 N–H and O–H groups in total. The maximum Gasteiger partial charge on any atom is 0.251 e. The van der Waals surface area contributed by atoms with Gasteiger partial charge in [0, 0.05) is 24.2 Å². The van der Waals surface area contributed by atoms with E-state index in [1.165, 1.54) is 12.8 Å². The predicted octanol–water partition coefficient (Wildman–Crippen LogP) is 4.63. The van der Waals surface area contributed by atoms with Crippen molar-refractivity contribution in [3.05, 3.63) is 53.6 Å². The quantitative estimate of drug-likeness (QED) is 0.706. The highest BCUT2D eigenvalue weighted by molar-refractivity contribution is 5.99. The Morgan fingerprint density at radius 1 is 1.10 bits per heavy atom. The van der Waals surface area contributed by atoms with E-state index in [1.807, 2.05) is 37.3 Å². The van der Waals surface area contributed by atoms with Gasteiger partial charge in [-0.1, -0.05) is 12.1 Å². The SMILES string of the molecule is COc1cc(C(C)NC(=O)c2cccc(N3CCCC3=O)c2)ccc1OC1CCCC1. The molecule has 0 radical (unpaired) electrons. The first-order valence-electron chi connectivity index (χ1n) is 11.1. The summed E-state index contributed by atoms with van der Waals surface area (Å²) in [5.41, 5.74) is 2.25. The molecule has 164 valence electrons. The van der Waals surface area contributed by atoms with Crippen LogP contribution < -0.4 is 19.7 Å². The molecule has 1 heterocycles. The molecular formula is C25H30N2O4. The second-order valence-corrected chi connectivity index (χ2v) is 8.33. The fraction of sp³-hybridized carbons (Fsp3) is 0.440. The molecule has 1 aliphatic heterocycles. The first-order chi connectivity index (χ1) is 15.0. The number of anilines is 1. The number of carbonyl (C=O) groups is 2. The van der Waals surface area contributed by atoms with Gasteiger partial charge in [0.25, 0.3) is 5.91 Å². The fourth-order valence-electron chi connectivity index (χ4n) is 4.34. The van der Waals surface area contributed by atoms with Gasteiger partial charge in [0.05, 0.1) is 19.3 Å². The molecule has 2 fully saturated rings. The van der Waals surface area contributed by atoms with E-state index < -0.39 is 0 Å². The number of amides is 2. The van der Waals surface area contributed by atoms with Crippen LogP contribution in [-0.4, -0.2) is 31.6 Å². The van der Waals surface area contributed by atoms with E-state index in [-0.39, 0.29) is 24.0 Å².